The molecule has 0 bridgehead atoms. The van der Waals surface area contributed by atoms with Crippen LogP contribution in [0.5, 0.6) is 0 Å². The summed E-state index contributed by atoms with van der Waals surface area (Å²) >= 11 is 1.41. The number of hydrogen-bond acceptors (Lipinski definition) is 7. The van der Waals surface area contributed by atoms with Gasteiger partial charge in [-0.05, 0) is 28.9 Å². The Morgan fingerprint density at radius 1 is 1.00 bits per heavy atom. The molecule has 1 aliphatic heterocycles. The number of Topliss-reactive ketones (excluding diaryl/α,β-unsaturated/α-hetero) is 1. The van der Waals surface area contributed by atoms with E-state index in [1.54, 1.807) is 25.4 Å². The summed E-state index contributed by atoms with van der Waals surface area (Å²) in [6, 6.07) is 30.2. The number of nitrogens with zero attached hydrogens (tertiary/aromatic N) is 1. The number of rotatable bonds is 12. The molecule has 9 heteroatoms. The zero-order valence-electron chi connectivity index (χ0n) is 24.6. The highest BCUT2D eigenvalue weighted by Crippen LogP contribution is 2.50. The number of ketones is 1. The summed E-state index contributed by atoms with van der Waals surface area (Å²) in [6.07, 6.45) is 0.313. The summed E-state index contributed by atoms with van der Waals surface area (Å²) in [6.45, 7) is 2.19. The fourth-order valence-corrected chi connectivity index (χ4v) is 10.7. The molecule has 1 saturated heterocycles. The topological polar surface area (TPSA) is 95.9 Å². The lowest BCUT2D eigenvalue weighted by molar-refractivity contribution is -0.157. The molecule has 5 rings (SSSR count). The molecule has 7 nitrogen and oxygen atoms in total. The zero-order chi connectivity index (χ0) is 31.3. The van der Waals surface area contributed by atoms with Gasteiger partial charge in [-0.3, -0.25) is 19.3 Å². The van der Waals surface area contributed by atoms with Crippen LogP contribution in [0, 0.1) is 5.92 Å². The van der Waals surface area contributed by atoms with E-state index in [1.807, 2.05) is 91.0 Å². The Morgan fingerprint density at radius 2 is 1.52 bits per heavy atom. The van der Waals surface area contributed by atoms with Crippen molar-refractivity contribution in [2.24, 2.45) is 5.92 Å². The molecule has 0 radical (unpaired) electrons. The largest absolute Gasteiger partial charge is 0.408 e. The monoisotopic (exact) mass is 626 g/mol. The lowest BCUT2D eigenvalue weighted by atomic mass is 9.80. The molecule has 44 heavy (non-hydrogen) atoms. The minimum atomic E-state index is -3.07. The number of ether oxygens (including phenoxy) is 1. The SMILES string of the molecule is C=CCC(=O)OC(N1C(=O)C(C(C)O)C1CC(=O)c1csc(NC)c1)=P(c1ccccc1)(c1ccccc1)c1ccccc1. The molecular formula is C35H35N2O5PS. The number of hydrogen-bond donors (Lipinski definition) is 2. The molecule has 0 saturated carbocycles. The predicted molar refractivity (Wildman–Crippen MR) is 180 cm³/mol. The number of aliphatic hydroxyl groups excluding tert-OH is 1. The van der Waals surface area contributed by atoms with Crippen LogP contribution >= 0.6 is 18.2 Å². The number of aliphatic hydroxyl groups is 1. The minimum absolute atomic E-state index is 0.0535. The highest BCUT2D eigenvalue weighted by atomic mass is 32.1. The molecule has 0 spiro atoms. The van der Waals surface area contributed by atoms with E-state index in [0.29, 0.717) is 5.56 Å². The Bertz CT molecular complexity index is 1600. The third-order valence-corrected chi connectivity index (χ3v) is 12.8. The smallest absolute Gasteiger partial charge is 0.316 e. The Balaban J connectivity index is 1.83. The van der Waals surface area contributed by atoms with E-state index >= 15 is 0 Å². The van der Waals surface area contributed by atoms with Gasteiger partial charge in [0.25, 0.3) is 0 Å². The fourth-order valence-electron chi connectivity index (χ4n) is 5.74. The second-order valence-electron chi connectivity index (χ2n) is 10.5. The number of β-lactam (4-membered cyclic amide) rings is 1. The van der Waals surface area contributed by atoms with Crippen molar-refractivity contribution in [3.05, 3.63) is 121 Å². The zero-order valence-corrected chi connectivity index (χ0v) is 26.3. The van der Waals surface area contributed by atoms with E-state index in [-0.39, 0.29) is 24.2 Å². The Labute approximate surface area is 261 Å². The third kappa shape index (κ3) is 5.81. The molecular weight excluding hydrogens is 591 g/mol. The van der Waals surface area contributed by atoms with Gasteiger partial charge in [0.05, 0.1) is 29.5 Å². The van der Waals surface area contributed by atoms with Crippen molar-refractivity contribution in [1.29, 1.82) is 0 Å². The van der Waals surface area contributed by atoms with Crippen molar-refractivity contribution >= 4 is 62.4 Å². The molecule has 3 atom stereocenters. The van der Waals surface area contributed by atoms with E-state index < -0.39 is 36.8 Å². The summed E-state index contributed by atoms with van der Waals surface area (Å²) in [5.41, 5.74) is 0.692. The average Bonchev–Trinajstić information content (AvgIpc) is 3.52. The molecule has 1 fully saturated rings. The quantitative estimate of drug-likeness (QED) is 0.0774. The first kappa shape index (κ1) is 31.2. The van der Waals surface area contributed by atoms with Crippen LogP contribution in [0.15, 0.2) is 115 Å². The molecule has 3 unspecified atom stereocenters. The van der Waals surface area contributed by atoms with E-state index in [4.69, 9.17) is 4.74 Å². The van der Waals surface area contributed by atoms with Gasteiger partial charge in [0, 0.05) is 31.3 Å². The number of carbonyl (C=O) groups is 3. The summed E-state index contributed by atoms with van der Waals surface area (Å²) in [5, 5.41) is 19.0. The van der Waals surface area contributed by atoms with Crippen LogP contribution < -0.4 is 21.2 Å². The average molecular weight is 627 g/mol. The lowest BCUT2D eigenvalue weighted by Crippen LogP contribution is -2.67. The van der Waals surface area contributed by atoms with E-state index in [1.165, 1.54) is 22.3 Å². The number of benzene rings is 3. The molecule has 2 N–H and O–H groups in total. The van der Waals surface area contributed by atoms with Gasteiger partial charge in [0.1, 0.15) is 0 Å². The second-order valence-corrected chi connectivity index (χ2v) is 14.7. The van der Waals surface area contributed by atoms with Crippen molar-refractivity contribution in [3.63, 3.8) is 0 Å². The van der Waals surface area contributed by atoms with Gasteiger partial charge in [-0.1, -0.05) is 97.1 Å². The van der Waals surface area contributed by atoms with Gasteiger partial charge >= 0.3 is 5.97 Å². The summed E-state index contributed by atoms with van der Waals surface area (Å²) < 4.78 is 6.32. The minimum Gasteiger partial charge on any atom is -0.408 e. The van der Waals surface area contributed by atoms with Gasteiger partial charge in [-0.15, -0.1) is 17.9 Å². The number of nitrogens with one attached hydrogen (secondary N) is 1. The molecule has 2 heterocycles. The molecule has 1 amide bonds. The lowest BCUT2D eigenvalue weighted by Gasteiger charge is -2.50. The first-order valence-corrected chi connectivity index (χ1v) is 17.0. The maximum Gasteiger partial charge on any atom is 0.316 e. The van der Waals surface area contributed by atoms with Crippen molar-refractivity contribution in [2.75, 3.05) is 12.4 Å². The Kier molecular flexibility index (Phi) is 9.64. The molecule has 4 aromatic rings. The van der Waals surface area contributed by atoms with Crippen LogP contribution in [0.1, 0.15) is 30.1 Å². The van der Waals surface area contributed by atoms with Crippen LogP contribution in [-0.2, 0) is 14.3 Å². The first-order chi connectivity index (χ1) is 21.3. The number of likely N-dealkylation sites (tertiary alicyclic amines) is 1. The molecule has 226 valence electrons. The number of anilines is 1. The van der Waals surface area contributed by atoms with Crippen molar-refractivity contribution < 1.29 is 24.2 Å². The van der Waals surface area contributed by atoms with Crippen molar-refractivity contribution in [1.82, 2.24) is 4.90 Å². The van der Waals surface area contributed by atoms with Crippen LogP contribution in [0.25, 0.3) is 0 Å². The highest BCUT2D eigenvalue weighted by molar-refractivity contribution is 7.95. The van der Waals surface area contributed by atoms with E-state index in [0.717, 1.165) is 20.9 Å². The normalized spacial score (nSPS) is 16.9. The number of amides is 1. The highest BCUT2D eigenvalue weighted by Gasteiger charge is 2.55. The maximum atomic E-state index is 14.1. The van der Waals surface area contributed by atoms with Gasteiger partial charge in [-0.2, -0.15) is 0 Å². The number of carbonyl (C=O) groups excluding carboxylic acids is 3. The second kappa shape index (κ2) is 13.6. The van der Waals surface area contributed by atoms with Crippen LogP contribution in [0.3, 0.4) is 0 Å². The molecule has 3 aromatic carbocycles. The summed E-state index contributed by atoms with van der Waals surface area (Å²) in [5.74, 6) is -1.99. The van der Waals surface area contributed by atoms with Crippen LogP contribution in [0.2, 0.25) is 0 Å². The van der Waals surface area contributed by atoms with Crippen molar-refractivity contribution in [3.8, 4) is 0 Å². The van der Waals surface area contributed by atoms with Crippen molar-refractivity contribution in [2.45, 2.75) is 31.9 Å². The summed E-state index contributed by atoms with van der Waals surface area (Å²) in [7, 11) is 1.79. The predicted octanol–water partition coefficient (Wildman–Crippen LogP) is 4.77. The Hall–Kier alpha value is -4.23. The number of thiophene rings is 1. The van der Waals surface area contributed by atoms with Gasteiger partial charge < -0.3 is 15.2 Å². The van der Waals surface area contributed by atoms with Crippen LogP contribution in [-0.4, -0.2) is 52.5 Å². The van der Waals surface area contributed by atoms with Gasteiger partial charge in [0.15, 0.2) is 5.78 Å². The molecule has 1 aromatic heterocycles. The molecule has 0 aliphatic carbocycles. The third-order valence-electron chi connectivity index (χ3n) is 7.79. The number of esters is 1. The fraction of sp³-hybridized carbons (Fsp3) is 0.200. The van der Waals surface area contributed by atoms with E-state index in [2.05, 4.69) is 11.9 Å². The van der Waals surface area contributed by atoms with E-state index in [9.17, 15) is 19.5 Å². The standard InChI is InChI=1S/C35H35N2O5PS/c1-4-14-32(40)42-35(37-29(33(24(2)38)34(37)41)22-30(39)25-21-31(36-3)44-23-25)43(26-15-8-5-9-16-26,27-17-10-6-11-18-27)28-19-12-7-13-20-28/h4-13,15-21,23-24,29,33,36,38H,1,14,22H2,2-3H3. The summed E-state index contributed by atoms with van der Waals surface area (Å²) in [4.78, 5) is 42.6. The van der Waals surface area contributed by atoms with Gasteiger partial charge in [0.2, 0.25) is 11.5 Å². The first-order valence-electron chi connectivity index (χ1n) is 14.4. The molecule has 1 aliphatic rings. The van der Waals surface area contributed by atoms with Crippen LogP contribution in [0.4, 0.5) is 5.00 Å². The Morgan fingerprint density at radius 3 is 1.95 bits per heavy atom. The van der Waals surface area contributed by atoms with Gasteiger partial charge in [-0.25, -0.2) is 0 Å². The maximum absolute atomic E-state index is 14.1.